The molecule has 0 saturated heterocycles. The summed E-state index contributed by atoms with van der Waals surface area (Å²) in [6.07, 6.45) is 0. The first-order valence-corrected chi connectivity index (χ1v) is 4.50. The van der Waals surface area contributed by atoms with Crippen LogP contribution in [0.25, 0.3) is 0 Å². The number of hydrogen-bond donors (Lipinski definition) is 2. The Morgan fingerprint density at radius 1 is 0.778 bits per heavy atom. The minimum atomic E-state index is -1.20. The molecule has 0 atom stereocenters. The number of methoxy groups -OCH3 is 2. The molecular weight excluding hydrogens is 244 g/mol. The SMILES string of the molecule is C=C(NC(=O)C(=O)NC(=C)C(=O)OC)C(=O)OC. The van der Waals surface area contributed by atoms with E-state index in [4.69, 9.17) is 0 Å². The first-order valence-electron chi connectivity index (χ1n) is 4.50. The highest BCUT2D eigenvalue weighted by atomic mass is 16.5. The number of rotatable bonds is 4. The van der Waals surface area contributed by atoms with Gasteiger partial charge in [0.25, 0.3) is 0 Å². The van der Waals surface area contributed by atoms with Crippen molar-refractivity contribution in [3.8, 4) is 0 Å². The number of ether oxygens (including phenoxy) is 2. The van der Waals surface area contributed by atoms with Gasteiger partial charge in [0.2, 0.25) is 0 Å². The van der Waals surface area contributed by atoms with Crippen LogP contribution in [0.1, 0.15) is 0 Å². The molecule has 0 aromatic carbocycles. The Bertz CT molecular complexity index is 386. The molecule has 0 saturated carbocycles. The summed E-state index contributed by atoms with van der Waals surface area (Å²) < 4.78 is 8.51. The number of esters is 2. The van der Waals surface area contributed by atoms with Crippen LogP contribution in [0.3, 0.4) is 0 Å². The predicted octanol–water partition coefficient (Wildman–Crippen LogP) is -1.41. The fourth-order valence-electron chi connectivity index (χ4n) is 0.736. The molecule has 0 rings (SSSR count). The molecule has 0 spiro atoms. The Hall–Kier alpha value is -2.64. The van der Waals surface area contributed by atoms with Crippen LogP contribution < -0.4 is 10.6 Å². The fraction of sp³-hybridized carbons (Fsp3) is 0.200. The van der Waals surface area contributed by atoms with Crippen molar-refractivity contribution in [3.63, 3.8) is 0 Å². The number of carbonyl (C=O) groups excluding carboxylic acids is 4. The molecule has 0 unspecified atom stereocenters. The third-order valence-electron chi connectivity index (χ3n) is 1.60. The van der Waals surface area contributed by atoms with E-state index in [9.17, 15) is 19.2 Å². The van der Waals surface area contributed by atoms with Gasteiger partial charge in [0.15, 0.2) is 0 Å². The fourth-order valence-corrected chi connectivity index (χ4v) is 0.736. The van der Waals surface area contributed by atoms with Gasteiger partial charge in [0.1, 0.15) is 11.4 Å². The highest BCUT2D eigenvalue weighted by Gasteiger charge is 2.20. The molecule has 0 heterocycles. The van der Waals surface area contributed by atoms with Gasteiger partial charge in [-0.2, -0.15) is 0 Å². The van der Waals surface area contributed by atoms with Crippen molar-refractivity contribution in [1.82, 2.24) is 10.6 Å². The summed E-state index contributed by atoms with van der Waals surface area (Å²) in [5.41, 5.74) is -0.831. The van der Waals surface area contributed by atoms with Crippen LogP contribution in [0, 0.1) is 0 Å². The molecule has 2 amide bonds. The number of amides is 2. The monoisotopic (exact) mass is 256 g/mol. The number of carbonyl (C=O) groups is 4. The van der Waals surface area contributed by atoms with Gasteiger partial charge < -0.3 is 20.1 Å². The van der Waals surface area contributed by atoms with Gasteiger partial charge in [-0.3, -0.25) is 9.59 Å². The zero-order valence-electron chi connectivity index (χ0n) is 9.86. The van der Waals surface area contributed by atoms with Crippen molar-refractivity contribution in [2.45, 2.75) is 0 Å². The minimum Gasteiger partial charge on any atom is -0.464 e. The van der Waals surface area contributed by atoms with Gasteiger partial charge in [0.05, 0.1) is 14.2 Å². The Morgan fingerprint density at radius 3 is 1.28 bits per heavy atom. The van der Waals surface area contributed by atoms with Crippen LogP contribution in [0.15, 0.2) is 24.6 Å². The zero-order chi connectivity index (χ0) is 14.3. The quantitative estimate of drug-likeness (QED) is 0.363. The minimum absolute atomic E-state index is 0.415. The van der Waals surface area contributed by atoms with E-state index in [2.05, 4.69) is 22.6 Å². The maximum atomic E-state index is 11.2. The highest BCUT2D eigenvalue weighted by Crippen LogP contribution is 1.91. The van der Waals surface area contributed by atoms with E-state index in [-0.39, 0.29) is 0 Å². The van der Waals surface area contributed by atoms with Gasteiger partial charge in [-0.05, 0) is 0 Å². The van der Waals surface area contributed by atoms with E-state index < -0.39 is 35.1 Å². The van der Waals surface area contributed by atoms with Crippen molar-refractivity contribution in [2.24, 2.45) is 0 Å². The molecule has 0 aliphatic heterocycles. The smallest absolute Gasteiger partial charge is 0.353 e. The maximum absolute atomic E-state index is 11.2. The standard InChI is InChI=1S/C10H12N2O6/c1-5(9(15)17-3)11-7(13)8(14)12-6(2)10(16)18-4/h1-2H2,3-4H3,(H,11,13)(H,12,14). The lowest BCUT2D eigenvalue weighted by Crippen LogP contribution is -2.41. The average Bonchev–Trinajstić information content (AvgIpc) is 2.35. The molecule has 2 N–H and O–H groups in total. The molecule has 8 heteroatoms. The lowest BCUT2D eigenvalue weighted by Gasteiger charge is -2.07. The summed E-state index contributed by atoms with van der Waals surface area (Å²) in [5.74, 6) is -4.20. The van der Waals surface area contributed by atoms with Crippen LogP contribution in [0.4, 0.5) is 0 Å². The van der Waals surface area contributed by atoms with Gasteiger partial charge >= 0.3 is 23.8 Å². The first-order chi connectivity index (χ1) is 8.33. The highest BCUT2D eigenvalue weighted by molar-refractivity contribution is 6.37. The Labute approximate surface area is 103 Å². The molecule has 0 fully saturated rings. The number of nitrogens with one attached hydrogen (secondary N) is 2. The Kier molecular flexibility index (Phi) is 5.84. The molecule has 0 radical (unpaired) electrons. The Morgan fingerprint density at radius 2 is 1.06 bits per heavy atom. The van der Waals surface area contributed by atoms with Crippen molar-refractivity contribution in [2.75, 3.05) is 14.2 Å². The van der Waals surface area contributed by atoms with Crippen LogP contribution in [0.5, 0.6) is 0 Å². The molecule has 0 aliphatic rings. The first kappa shape index (κ1) is 15.4. The summed E-state index contributed by atoms with van der Waals surface area (Å²) in [6, 6.07) is 0. The topological polar surface area (TPSA) is 111 Å². The lowest BCUT2D eigenvalue weighted by atomic mass is 10.4. The van der Waals surface area contributed by atoms with Gasteiger partial charge in [-0.15, -0.1) is 0 Å². The van der Waals surface area contributed by atoms with Gasteiger partial charge in [0, 0.05) is 0 Å². The predicted molar refractivity (Wildman–Crippen MR) is 58.6 cm³/mol. The summed E-state index contributed by atoms with van der Waals surface area (Å²) in [6.45, 7) is 6.36. The summed E-state index contributed by atoms with van der Waals surface area (Å²) in [5, 5.41) is 3.76. The second-order valence-electron chi connectivity index (χ2n) is 2.85. The lowest BCUT2D eigenvalue weighted by molar-refractivity contribution is -0.142. The van der Waals surface area contributed by atoms with Crippen molar-refractivity contribution in [1.29, 1.82) is 0 Å². The largest absolute Gasteiger partial charge is 0.464 e. The summed E-state index contributed by atoms with van der Waals surface area (Å²) >= 11 is 0. The third kappa shape index (κ3) is 4.47. The normalized spacial score (nSPS) is 8.78. The van der Waals surface area contributed by atoms with E-state index >= 15 is 0 Å². The van der Waals surface area contributed by atoms with E-state index in [0.29, 0.717) is 0 Å². The van der Waals surface area contributed by atoms with Crippen molar-refractivity contribution < 1.29 is 28.7 Å². The molecule has 0 bridgehead atoms. The molecule has 18 heavy (non-hydrogen) atoms. The Balaban J connectivity index is 4.41. The second-order valence-corrected chi connectivity index (χ2v) is 2.85. The number of hydrogen-bond acceptors (Lipinski definition) is 6. The molecular formula is C10H12N2O6. The van der Waals surface area contributed by atoms with Crippen LogP contribution >= 0.6 is 0 Å². The van der Waals surface area contributed by atoms with Crippen LogP contribution in [0.2, 0.25) is 0 Å². The zero-order valence-corrected chi connectivity index (χ0v) is 9.86. The second kappa shape index (κ2) is 6.84. The van der Waals surface area contributed by atoms with Crippen LogP contribution in [-0.4, -0.2) is 38.0 Å². The molecule has 98 valence electrons. The average molecular weight is 256 g/mol. The molecule has 0 aromatic heterocycles. The summed E-state index contributed by atoms with van der Waals surface area (Å²) in [7, 11) is 2.16. The van der Waals surface area contributed by atoms with Crippen LogP contribution in [-0.2, 0) is 28.7 Å². The molecule has 0 aliphatic carbocycles. The van der Waals surface area contributed by atoms with E-state index in [1.54, 1.807) is 0 Å². The summed E-state index contributed by atoms with van der Waals surface area (Å²) in [4.78, 5) is 44.2. The molecule has 0 aromatic rings. The maximum Gasteiger partial charge on any atom is 0.353 e. The van der Waals surface area contributed by atoms with Crippen molar-refractivity contribution >= 4 is 23.8 Å². The van der Waals surface area contributed by atoms with E-state index in [0.717, 1.165) is 14.2 Å². The van der Waals surface area contributed by atoms with Gasteiger partial charge in [-0.25, -0.2) is 9.59 Å². The van der Waals surface area contributed by atoms with Crippen molar-refractivity contribution in [3.05, 3.63) is 24.6 Å². The van der Waals surface area contributed by atoms with E-state index in [1.807, 2.05) is 10.6 Å². The molecule has 8 nitrogen and oxygen atoms in total. The third-order valence-corrected chi connectivity index (χ3v) is 1.60. The van der Waals surface area contributed by atoms with E-state index in [1.165, 1.54) is 0 Å². The van der Waals surface area contributed by atoms with Gasteiger partial charge in [-0.1, -0.05) is 13.2 Å².